The lowest BCUT2D eigenvalue weighted by atomic mass is 10.1. The van der Waals surface area contributed by atoms with Crippen LogP contribution in [0.5, 0.6) is 5.75 Å². The second kappa shape index (κ2) is 6.75. The van der Waals surface area contributed by atoms with Crippen molar-refractivity contribution < 1.29 is 19.4 Å². The van der Waals surface area contributed by atoms with Crippen LogP contribution in [0.2, 0.25) is 0 Å². The van der Waals surface area contributed by atoms with E-state index in [1.54, 1.807) is 39.0 Å². The molecule has 0 spiro atoms. The number of benzene rings is 1. The second-order valence-corrected chi connectivity index (χ2v) is 4.79. The molecule has 0 bridgehead atoms. The summed E-state index contributed by atoms with van der Waals surface area (Å²) in [7, 11) is 0. The van der Waals surface area contributed by atoms with Gasteiger partial charge < -0.3 is 14.6 Å². The first-order valence-electron chi connectivity index (χ1n) is 5.76. The zero-order valence-electron chi connectivity index (χ0n) is 10.6. The molecule has 0 aliphatic heterocycles. The number of hydrogen-bond acceptors (Lipinski definition) is 4. The van der Waals surface area contributed by atoms with E-state index in [1.165, 1.54) is 0 Å². The Balaban J connectivity index is 2.87. The summed E-state index contributed by atoms with van der Waals surface area (Å²) in [6, 6.07) is 5.26. The molecule has 18 heavy (non-hydrogen) atoms. The Bertz CT molecular complexity index is 417. The van der Waals surface area contributed by atoms with Crippen molar-refractivity contribution in [3.05, 3.63) is 28.2 Å². The Morgan fingerprint density at radius 3 is 2.67 bits per heavy atom. The average Bonchev–Trinajstić information content (AvgIpc) is 2.31. The lowest BCUT2D eigenvalue weighted by Gasteiger charge is -2.17. The highest BCUT2D eigenvalue weighted by molar-refractivity contribution is 9.10. The summed E-state index contributed by atoms with van der Waals surface area (Å²) < 4.78 is 11.2. The molecular formula is C13H17BrO4. The first-order chi connectivity index (χ1) is 8.45. The van der Waals surface area contributed by atoms with Crippen LogP contribution in [-0.2, 0) is 9.53 Å². The predicted octanol–water partition coefficient (Wildman–Crippen LogP) is 2.83. The zero-order chi connectivity index (χ0) is 13.7. The number of rotatable bonds is 5. The highest BCUT2D eigenvalue weighted by Crippen LogP contribution is 2.29. The molecule has 0 amide bonds. The molecule has 0 aliphatic rings. The number of aliphatic hydroxyl groups excluding tert-OH is 1. The standard InChI is InChI=1S/C13H17BrO4/c1-4-17-13(16)9(3)18-12-6-5-10(14)7-11(12)8(2)15/h5-9,15H,4H2,1-3H3. The molecule has 1 N–H and O–H groups in total. The first kappa shape index (κ1) is 15.0. The van der Waals surface area contributed by atoms with Gasteiger partial charge in [-0.05, 0) is 39.0 Å². The number of hydrogen-bond donors (Lipinski definition) is 1. The van der Waals surface area contributed by atoms with Gasteiger partial charge in [0.1, 0.15) is 5.75 Å². The maximum Gasteiger partial charge on any atom is 0.347 e. The molecule has 2 atom stereocenters. The van der Waals surface area contributed by atoms with E-state index in [0.29, 0.717) is 17.9 Å². The molecule has 1 aromatic rings. The molecule has 0 fully saturated rings. The van der Waals surface area contributed by atoms with Crippen LogP contribution in [0, 0.1) is 0 Å². The van der Waals surface area contributed by atoms with Gasteiger partial charge in [0.25, 0.3) is 0 Å². The molecule has 1 rings (SSSR count). The van der Waals surface area contributed by atoms with Crippen LogP contribution >= 0.6 is 15.9 Å². The van der Waals surface area contributed by atoms with Gasteiger partial charge in [-0.1, -0.05) is 15.9 Å². The van der Waals surface area contributed by atoms with Gasteiger partial charge in [0.05, 0.1) is 12.7 Å². The summed E-state index contributed by atoms with van der Waals surface area (Å²) in [6.45, 7) is 5.32. The molecular weight excluding hydrogens is 300 g/mol. The number of esters is 1. The fourth-order valence-electron chi connectivity index (χ4n) is 1.45. The van der Waals surface area contributed by atoms with Crippen LogP contribution in [0.3, 0.4) is 0 Å². The molecule has 0 saturated carbocycles. The summed E-state index contributed by atoms with van der Waals surface area (Å²) in [6.07, 6.45) is -1.38. The normalized spacial score (nSPS) is 13.8. The second-order valence-electron chi connectivity index (χ2n) is 3.87. The van der Waals surface area contributed by atoms with Crippen LogP contribution in [0.4, 0.5) is 0 Å². The van der Waals surface area contributed by atoms with Gasteiger partial charge in [-0.15, -0.1) is 0 Å². The molecule has 0 heterocycles. The first-order valence-corrected chi connectivity index (χ1v) is 6.55. The molecule has 0 saturated heterocycles. The molecule has 0 radical (unpaired) electrons. The van der Waals surface area contributed by atoms with Crippen LogP contribution in [-0.4, -0.2) is 23.8 Å². The molecule has 100 valence electrons. The summed E-state index contributed by atoms with van der Waals surface area (Å²) in [5.74, 6) is 0.0608. The quantitative estimate of drug-likeness (QED) is 0.849. The summed E-state index contributed by atoms with van der Waals surface area (Å²) in [5.41, 5.74) is 0.625. The fraction of sp³-hybridized carbons (Fsp3) is 0.462. The van der Waals surface area contributed by atoms with Crippen molar-refractivity contribution >= 4 is 21.9 Å². The summed E-state index contributed by atoms with van der Waals surface area (Å²) in [5, 5.41) is 9.67. The Hall–Kier alpha value is -1.07. The number of carbonyl (C=O) groups excluding carboxylic acids is 1. The van der Waals surface area contributed by atoms with E-state index in [2.05, 4.69) is 15.9 Å². The highest BCUT2D eigenvalue weighted by atomic mass is 79.9. The lowest BCUT2D eigenvalue weighted by molar-refractivity contribution is -0.150. The van der Waals surface area contributed by atoms with E-state index in [1.807, 2.05) is 0 Å². The van der Waals surface area contributed by atoms with Gasteiger partial charge in [0.2, 0.25) is 0 Å². The summed E-state index contributed by atoms with van der Waals surface area (Å²) >= 11 is 3.33. The fourth-order valence-corrected chi connectivity index (χ4v) is 1.83. The van der Waals surface area contributed by atoms with E-state index >= 15 is 0 Å². The summed E-state index contributed by atoms with van der Waals surface area (Å²) in [4.78, 5) is 11.5. The van der Waals surface area contributed by atoms with E-state index < -0.39 is 18.2 Å². The van der Waals surface area contributed by atoms with Crippen LogP contribution in [0.25, 0.3) is 0 Å². The highest BCUT2D eigenvalue weighted by Gasteiger charge is 2.18. The van der Waals surface area contributed by atoms with Gasteiger partial charge in [-0.2, -0.15) is 0 Å². The smallest absolute Gasteiger partial charge is 0.347 e. The Morgan fingerprint density at radius 1 is 1.44 bits per heavy atom. The van der Waals surface area contributed by atoms with Crippen molar-refractivity contribution in [3.8, 4) is 5.75 Å². The number of halogens is 1. The van der Waals surface area contributed by atoms with Crippen LogP contribution in [0.15, 0.2) is 22.7 Å². The van der Waals surface area contributed by atoms with Crippen molar-refractivity contribution in [1.29, 1.82) is 0 Å². The SMILES string of the molecule is CCOC(=O)C(C)Oc1ccc(Br)cc1C(C)O. The minimum absolute atomic E-state index is 0.316. The predicted molar refractivity (Wildman–Crippen MR) is 71.5 cm³/mol. The van der Waals surface area contributed by atoms with E-state index in [-0.39, 0.29) is 0 Å². The molecule has 5 heteroatoms. The number of aliphatic hydroxyl groups is 1. The Kier molecular flexibility index (Phi) is 5.62. The minimum atomic E-state index is -0.705. The third-order valence-corrected chi connectivity index (χ3v) is 2.84. The molecule has 0 aromatic heterocycles. The minimum Gasteiger partial charge on any atom is -0.479 e. The lowest BCUT2D eigenvalue weighted by Crippen LogP contribution is -2.26. The van der Waals surface area contributed by atoms with Gasteiger partial charge in [0.15, 0.2) is 6.10 Å². The van der Waals surface area contributed by atoms with Crippen LogP contribution in [0.1, 0.15) is 32.4 Å². The average molecular weight is 317 g/mol. The zero-order valence-corrected chi connectivity index (χ0v) is 12.2. The van der Waals surface area contributed by atoms with Crippen molar-refractivity contribution in [1.82, 2.24) is 0 Å². The van der Waals surface area contributed by atoms with Crippen molar-refractivity contribution in [2.75, 3.05) is 6.61 Å². The van der Waals surface area contributed by atoms with Gasteiger partial charge in [-0.3, -0.25) is 0 Å². The number of carbonyl (C=O) groups is 1. The van der Waals surface area contributed by atoms with Crippen molar-refractivity contribution in [2.45, 2.75) is 33.0 Å². The molecule has 0 aliphatic carbocycles. The van der Waals surface area contributed by atoms with Crippen LogP contribution < -0.4 is 4.74 Å². The van der Waals surface area contributed by atoms with E-state index in [4.69, 9.17) is 9.47 Å². The largest absolute Gasteiger partial charge is 0.479 e. The van der Waals surface area contributed by atoms with E-state index in [9.17, 15) is 9.90 Å². The van der Waals surface area contributed by atoms with Gasteiger partial charge >= 0.3 is 5.97 Å². The van der Waals surface area contributed by atoms with Gasteiger partial charge in [-0.25, -0.2) is 4.79 Å². The maximum absolute atomic E-state index is 11.5. The number of ether oxygens (including phenoxy) is 2. The Labute approximate surface area is 115 Å². The molecule has 4 nitrogen and oxygen atoms in total. The third-order valence-electron chi connectivity index (χ3n) is 2.34. The Morgan fingerprint density at radius 2 is 2.11 bits per heavy atom. The topological polar surface area (TPSA) is 55.8 Å². The van der Waals surface area contributed by atoms with Crippen molar-refractivity contribution in [3.63, 3.8) is 0 Å². The third kappa shape index (κ3) is 3.99. The molecule has 1 aromatic carbocycles. The monoisotopic (exact) mass is 316 g/mol. The maximum atomic E-state index is 11.5. The molecule has 2 unspecified atom stereocenters. The van der Waals surface area contributed by atoms with E-state index in [0.717, 1.165) is 4.47 Å². The van der Waals surface area contributed by atoms with Crippen molar-refractivity contribution in [2.24, 2.45) is 0 Å². The van der Waals surface area contributed by atoms with Gasteiger partial charge in [0, 0.05) is 10.0 Å².